The van der Waals surface area contributed by atoms with Gasteiger partial charge in [-0.2, -0.15) is 13.2 Å². The lowest BCUT2D eigenvalue weighted by atomic mass is 10.1. The number of hydrogen-bond donors (Lipinski definition) is 1. The van der Waals surface area contributed by atoms with Crippen molar-refractivity contribution in [3.63, 3.8) is 0 Å². The number of nitrogens with zero attached hydrogens (tertiary/aromatic N) is 1. The van der Waals surface area contributed by atoms with Gasteiger partial charge in [-0.3, -0.25) is 4.98 Å². The van der Waals surface area contributed by atoms with Gasteiger partial charge in [-0.15, -0.1) is 0 Å². The van der Waals surface area contributed by atoms with Gasteiger partial charge in [0.2, 0.25) is 0 Å². The maximum Gasteiger partial charge on any atom is 0.417 e. The topological polar surface area (TPSA) is 24.9 Å². The molecule has 0 saturated heterocycles. The normalized spacial score (nSPS) is 13.5. The Hall–Kier alpha value is -1.10. The third-order valence-electron chi connectivity index (χ3n) is 2.96. The van der Waals surface area contributed by atoms with Crippen LogP contribution in [0.15, 0.2) is 18.3 Å². The lowest BCUT2D eigenvalue weighted by Gasteiger charge is -2.18. The molecule has 0 aliphatic carbocycles. The summed E-state index contributed by atoms with van der Waals surface area (Å²) in [5.74, 6) is 0. The molecule has 5 heteroatoms. The molecule has 1 atom stereocenters. The van der Waals surface area contributed by atoms with Crippen LogP contribution in [0.1, 0.15) is 56.8 Å². The second kappa shape index (κ2) is 7.48. The molecular formula is C14H21F3N2. The average molecular weight is 274 g/mol. The molecule has 0 radical (unpaired) electrons. The molecule has 0 aromatic carbocycles. The number of rotatable bonds is 7. The second-order valence-electron chi connectivity index (χ2n) is 4.62. The lowest BCUT2D eigenvalue weighted by Crippen LogP contribution is -2.23. The summed E-state index contributed by atoms with van der Waals surface area (Å²) in [6.07, 6.45) is 0.580. The summed E-state index contributed by atoms with van der Waals surface area (Å²) in [5, 5.41) is 3.33. The van der Waals surface area contributed by atoms with Gasteiger partial charge in [0.05, 0.1) is 11.3 Å². The van der Waals surface area contributed by atoms with Crippen molar-refractivity contribution < 1.29 is 13.2 Å². The van der Waals surface area contributed by atoms with E-state index in [-0.39, 0.29) is 6.04 Å². The van der Waals surface area contributed by atoms with Gasteiger partial charge >= 0.3 is 6.18 Å². The van der Waals surface area contributed by atoms with Gasteiger partial charge in [-0.25, -0.2) is 0 Å². The summed E-state index contributed by atoms with van der Waals surface area (Å²) < 4.78 is 37.4. The molecule has 1 unspecified atom stereocenters. The minimum atomic E-state index is -4.32. The zero-order chi connectivity index (χ0) is 14.3. The Morgan fingerprint density at radius 2 is 1.95 bits per heavy atom. The van der Waals surface area contributed by atoms with E-state index in [1.165, 1.54) is 6.07 Å². The summed E-state index contributed by atoms with van der Waals surface area (Å²) in [7, 11) is 0. The summed E-state index contributed by atoms with van der Waals surface area (Å²) in [6, 6.07) is 2.63. The molecule has 0 aliphatic heterocycles. The van der Waals surface area contributed by atoms with Crippen molar-refractivity contribution in [2.45, 2.75) is 51.7 Å². The molecular weight excluding hydrogens is 253 g/mol. The van der Waals surface area contributed by atoms with E-state index >= 15 is 0 Å². The maximum atomic E-state index is 12.5. The van der Waals surface area contributed by atoms with Gasteiger partial charge in [-0.05, 0) is 31.5 Å². The summed E-state index contributed by atoms with van der Waals surface area (Å²) in [6.45, 7) is 5.00. The van der Waals surface area contributed by atoms with Crippen molar-refractivity contribution in [3.05, 3.63) is 29.6 Å². The minimum absolute atomic E-state index is 0.0437. The van der Waals surface area contributed by atoms with Crippen LogP contribution >= 0.6 is 0 Å². The van der Waals surface area contributed by atoms with E-state index in [4.69, 9.17) is 0 Å². The Bertz CT molecular complexity index is 352. The predicted molar refractivity (Wildman–Crippen MR) is 69.8 cm³/mol. The van der Waals surface area contributed by atoms with Gasteiger partial charge in [0.15, 0.2) is 0 Å². The first-order valence-corrected chi connectivity index (χ1v) is 6.75. The van der Waals surface area contributed by atoms with E-state index in [1.54, 1.807) is 0 Å². The van der Waals surface area contributed by atoms with E-state index in [1.807, 2.05) is 0 Å². The van der Waals surface area contributed by atoms with Crippen LogP contribution in [0.25, 0.3) is 0 Å². The average Bonchev–Trinajstić information content (AvgIpc) is 2.38. The summed E-state index contributed by atoms with van der Waals surface area (Å²) >= 11 is 0. The first kappa shape index (κ1) is 16.0. The molecule has 1 aromatic heterocycles. The lowest BCUT2D eigenvalue weighted by molar-refractivity contribution is -0.137. The van der Waals surface area contributed by atoms with Crippen molar-refractivity contribution in [3.8, 4) is 0 Å². The molecule has 0 bridgehead atoms. The molecule has 108 valence electrons. The van der Waals surface area contributed by atoms with Crippen LogP contribution in [-0.4, -0.2) is 11.5 Å². The van der Waals surface area contributed by atoms with Gasteiger partial charge in [0.25, 0.3) is 0 Å². The van der Waals surface area contributed by atoms with Gasteiger partial charge in [0, 0.05) is 12.2 Å². The van der Waals surface area contributed by atoms with Crippen LogP contribution in [0, 0.1) is 0 Å². The van der Waals surface area contributed by atoms with E-state index in [9.17, 15) is 13.2 Å². The highest BCUT2D eigenvalue weighted by molar-refractivity contribution is 5.19. The smallest absolute Gasteiger partial charge is 0.309 e. The molecule has 0 fully saturated rings. The quantitative estimate of drug-likeness (QED) is 0.800. The fourth-order valence-electron chi connectivity index (χ4n) is 1.86. The van der Waals surface area contributed by atoms with E-state index in [0.717, 1.165) is 44.5 Å². The highest BCUT2D eigenvalue weighted by Gasteiger charge is 2.30. The summed E-state index contributed by atoms with van der Waals surface area (Å²) in [4.78, 5) is 3.97. The Kier molecular flexibility index (Phi) is 6.28. The number of pyridine rings is 1. The molecule has 19 heavy (non-hydrogen) atoms. The van der Waals surface area contributed by atoms with Gasteiger partial charge in [0.1, 0.15) is 0 Å². The highest BCUT2D eigenvalue weighted by Crippen LogP contribution is 2.29. The fraction of sp³-hybridized carbons (Fsp3) is 0.643. The van der Waals surface area contributed by atoms with Gasteiger partial charge < -0.3 is 5.32 Å². The third-order valence-corrected chi connectivity index (χ3v) is 2.96. The standard InChI is InChI=1S/C14H21F3N2/c1-3-5-6-12(18-9-4-2)13-8-7-11(10-19-13)14(15,16)17/h7-8,10,12,18H,3-6,9H2,1-2H3. The van der Waals surface area contributed by atoms with Crippen LogP contribution in [0.4, 0.5) is 13.2 Å². The van der Waals surface area contributed by atoms with Crippen molar-refractivity contribution in [2.24, 2.45) is 0 Å². The van der Waals surface area contributed by atoms with Crippen LogP contribution in [0.3, 0.4) is 0 Å². The number of alkyl halides is 3. The molecule has 0 saturated carbocycles. The van der Waals surface area contributed by atoms with Gasteiger partial charge in [-0.1, -0.05) is 26.7 Å². The van der Waals surface area contributed by atoms with Crippen LogP contribution in [-0.2, 0) is 6.18 Å². The van der Waals surface area contributed by atoms with Crippen molar-refractivity contribution >= 4 is 0 Å². The number of halogens is 3. The molecule has 0 aliphatic rings. The van der Waals surface area contributed by atoms with E-state index in [2.05, 4.69) is 24.1 Å². The Morgan fingerprint density at radius 3 is 2.42 bits per heavy atom. The number of nitrogens with one attached hydrogen (secondary N) is 1. The molecule has 0 spiro atoms. The maximum absolute atomic E-state index is 12.5. The molecule has 2 nitrogen and oxygen atoms in total. The first-order valence-electron chi connectivity index (χ1n) is 6.75. The largest absolute Gasteiger partial charge is 0.417 e. The highest BCUT2D eigenvalue weighted by atomic mass is 19.4. The molecule has 1 N–H and O–H groups in total. The van der Waals surface area contributed by atoms with E-state index in [0.29, 0.717) is 5.69 Å². The van der Waals surface area contributed by atoms with Crippen molar-refractivity contribution in [2.75, 3.05) is 6.54 Å². The Morgan fingerprint density at radius 1 is 1.21 bits per heavy atom. The first-order chi connectivity index (χ1) is 8.99. The second-order valence-corrected chi connectivity index (χ2v) is 4.62. The Labute approximate surface area is 112 Å². The summed E-state index contributed by atoms with van der Waals surface area (Å²) in [5.41, 5.74) is -0.00381. The molecule has 1 aromatic rings. The van der Waals surface area contributed by atoms with Crippen LogP contribution in [0.5, 0.6) is 0 Å². The van der Waals surface area contributed by atoms with E-state index < -0.39 is 11.7 Å². The zero-order valence-electron chi connectivity index (χ0n) is 11.4. The number of hydrogen-bond acceptors (Lipinski definition) is 2. The molecule has 0 amide bonds. The molecule has 1 rings (SSSR count). The van der Waals surface area contributed by atoms with Crippen molar-refractivity contribution in [1.29, 1.82) is 0 Å². The third kappa shape index (κ3) is 5.19. The van der Waals surface area contributed by atoms with Crippen LogP contribution < -0.4 is 5.32 Å². The fourth-order valence-corrected chi connectivity index (χ4v) is 1.86. The van der Waals surface area contributed by atoms with Crippen LogP contribution in [0.2, 0.25) is 0 Å². The Balaban J connectivity index is 2.78. The minimum Gasteiger partial charge on any atom is -0.309 e. The number of aromatic nitrogens is 1. The SMILES string of the molecule is CCCCC(NCCC)c1ccc(C(F)(F)F)cn1. The predicted octanol–water partition coefficient (Wildman–Crippen LogP) is 4.33. The molecule has 1 heterocycles. The number of unbranched alkanes of at least 4 members (excludes halogenated alkanes) is 1. The van der Waals surface area contributed by atoms with Crippen molar-refractivity contribution in [1.82, 2.24) is 10.3 Å². The zero-order valence-corrected chi connectivity index (χ0v) is 11.4. The monoisotopic (exact) mass is 274 g/mol.